The van der Waals surface area contributed by atoms with Crippen LogP contribution >= 0.6 is 15.9 Å². The molecule has 0 aromatic carbocycles. The first-order chi connectivity index (χ1) is 8.32. The van der Waals surface area contributed by atoms with Crippen LogP contribution in [0.25, 0.3) is 0 Å². The minimum atomic E-state index is 0.324. The Morgan fingerprint density at radius 3 is 2.28 bits per heavy atom. The molecule has 0 aliphatic heterocycles. The van der Waals surface area contributed by atoms with Gasteiger partial charge in [0.1, 0.15) is 16.2 Å². The van der Waals surface area contributed by atoms with Crippen molar-refractivity contribution in [3.05, 3.63) is 16.5 Å². The summed E-state index contributed by atoms with van der Waals surface area (Å²) in [6.07, 6.45) is 2.46. The molecule has 0 atom stereocenters. The lowest BCUT2D eigenvalue weighted by Crippen LogP contribution is -2.12. The van der Waals surface area contributed by atoms with Crippen molar-refractivity contribution in [1.82, 2.24) is 9.97 Å². The fraction of sp³-hybridized carbons (Fsp3) is 0.714. The largest absolute Gasteiger partial charge is 0.366 e. The zero-order valence-corrected chi connectivity index (χ0v) is 13.0. The molecular formula is C14H20BrN3. The van der Waals surface area contributed by atoms with Crippen LogP contribution in [0.15, 0.2) is 10.7 Å². The van der Waals surface area contributed by atoms with Crippen LogP contribution in [-0.4, -0.2) is 16.0 Å². The smallest absolute Gasteiger partial charge is 0.135 e. The van der Waals surface area contributed by atoms with E-state index in [1.165, 1.54) is 12.8 Å². The predicted molar refractivity (Wildman–Crippen MR) is 76.7 cm³/mol. The molecular weight excluding hydrogens is 290 g/mol. The van der Waals surface area contributed by atoms with Crippen molar-refractivity contribution in [3.8, 4) is 0 Å². The molecule has 0 unspecified atom stereocenters. The van der Waals surface area contributed by atoms with Gasteiger partial charge in [-0.1, -0.05) is 27.7 Å². The molecule has 2 aliphatic carbocycles. The fourth-order valence-corrected chi connectivity index (χ4v) is 3.14. The van der Waals surface area contributed by atoms with E-state index >= 15 is 0 Å². The molecule has 0 saturated heterocycles. The van der Waals surface area contributed by atoms with Crippen molar-refractivity contribution in [2.45, 2.75) is 52.5 Å². The van der Waals surface area contributed by atoms with E-state index in [0.29, 0.717) is 22.8 Å². The van der Waals surface area contributed by atoms with Crippen molar-refractivity contribution >= 4 is 21.7 Å². The van der Waals surface area contributed by atoms with Gasteiger partial charge in [0.05, 0.1) is 0 Å². The van der Waals surface area contributed by atoms with Crippen LogP contribution in [0, 0.1) is 10.8 Å². The van der Waals surface area contributed by atoms with Crippen LogP contribution in [0.3, 0.4) is 0 Å². The second-order valence-corrected chi connectivity index (χ2v) is 7.54. The minimum Gasteiger partial charge on any atom is -0.366 e. The van der Waals surface area contributed by atoms with Crippen LogP contribution < -0.4 is 5.32 Å². The van der Waals surface area contributed by atoms with Gasteiger partial charge in [0, 0.05) is 18.0 Å². The number of halogens is 1. The summed E-state index contributed by atoms with van der Waals surface area (Å²) in [4.78, 5) is 9.12. The van der Waals surface area contributed by atoms with Crippen molar-refractivity contribution in [3.63, 3.8) is 0 Å². The number of aromatic nitrogens is 2. The van der Waals surface area contributed by atoms with E-state index in [2.05, 4.69) is 58.9 Å². The van der Waals surface area contributed by atoms with Gasteiger partial charge in [0.15, 0.2) is 0 Å². The maximum Gasteiger partial charge on any atom is 0.135 e. The van der Waals surface area contributed by atoms with Crippen molar-refractivity contribution in [2.24, 2.45) is 10.8 Å². The Hall–Kier alpha value is -0.640. The molecule has 1 heterocycles. The SMILES string of the molecule is CC1(C)C(Nc2cc(Br)nc(C3CC3)n2)C1(C)C. The summed E-state index contributed by atoms with van der Waals surface area (Å²) in [5.41, 5.74) is 0.647. The highest BCUT2D eigenvalue weighted by molar-refractivity contribution is 9.10. The normalized spacial score (nSPS) is 24.9. The van der Waals surface area contributed by atoms with Crippen LogP contribution in [-0.2, 0) is 0 Å². The molecule has 98 valence electrons. The third kappa shape index (κ3) is 1.85. The van der Waals surface area contributed by atoms with Gasteiger partial charge in [-0.3, -0.25) is 0 Å². The molecule has 0 spiro atoms. The van der Waals surface area contributed by atoms with Gasteiger partial charge < -0.3 is 5.32 Å². The first kappa shape index (κ1) is 12.4. The Labute approximate surface area is 117 Å². The Balaban J connectivity index is 1.81. The highest BCUT2D eigenvalue weighted by atomic mass is 79.9. The predicted octanol–water partition coefficient (Wildman–Crippen LogP) is 3.96. The molecule has 1 aromatic heterocycles. The van der Waals surface area contributed by atoms with Crippen molar-refractivity contribution in [2.75, 3.05) is 5.32 Å². The van der Waals surface area contributed by atoms with Gasteiger partial charge in [-0.2, -0.15) is 0 Å². The van der Waals surface area contributed by atoms with Crippen LogP contribution in [0.1, 0.15) is 52.3 Å². The summed E-state index contributed by atoms with van der Waals surface area (Å²) < 4.78 is 0.887. The van der Waals surface area contributed by atoms with Crippen molar-refractivity contribution < 1.29 is 0 Å². The lowest BCUT2D eigenvalue weighted by molar-refractivity contribution is 0.457. The molecule has 2 fully saturated rings. The molecule has 0 amide bonds. The third-order valence-electron chi connectivity index (χ3n) is 4.97. The van der Waals surface area contributed by atoms with E-state index in [9.17, 15) is 0 Å². The third-order valence-corrected chi connectivity index (χ3v) is 5.37. The average Bonchev–Trinajstić information content (AvgIpc) is 3.13. The van der Waals surface area contributed by atoms with Gasteiger partial charge in [0.2, 0.25) is 0 Å². The van der Waals surface area contributed by atoms with E-state index in [1.54, 1.807) is 0 Å². The minimum absolute atomic E-state index is 0.324. The van der Waals surface area contributed by atoms with E-state index < -0.39 is 0 Å². The molecule has 3 nitrogen and oxygen atoms in total. The van der Waals surface area contributed by atoms with Gasteiger partial charge in [-0.15, -0.1) is 0 Å². The second kappa shape index (κ2) is 3.69. The molecule has 2 saturated carbocycles. The van der Waals surface area contributed by atoms with E-state index in [4.69, 9.17) is 0 Å². The zero-order chi connectivity index (χ0) is 13.1. The average molecular weight is 310 g/mol. The fourth-order valence-electron chi connectivity index (χ4n) is 2.74. The second-order valence-electron chi connectivity index (χ2n) is 6.73. The first-order valence-electron chi connectivity index (χ1n) is 6.63. The highest BCUT2D eigenvalue weighted by Crippen LogP contribution is 2.63. The van der Waals surface area contributed by atoms with E-state index in [1.807, 2.05) is 6.07 Å². The molecule has 0 bridgehead atoms. The monoisotopic (exact) mass is 309 g/mol. The van der Waals surface area contributed by atoms with Crippen LogP contribution in [0.2, 0.25) is 0 Å². The number of nitrogens with one attached hydrogen (secondary N) is 1. The van der Waals surface area contributed by atoms with E-state index in [0.717, 1.165) is 16.2 Å². The quantitative estimate of drug-likeness (QED) is 0.859. The van der Waals surface area contributed by atoms with Gasteiger partial charge in [-0.25, -0.2) is 9.97 Å². The maximum atomic E-state index is 4.65. The summed E-state index contributed by atoms with van der Waals surface area (Å²) in [5, 5.41) is 3.58. The molecule has 1 aromatic rings. The van der Waals surface area contributed by atoms with Gasteiger partial charge in [0.25, 0.3) is 0 Å². The number of hydrogen-bond acceptors (Lipinski definition) is 3. The Morgan fingerprint density at radius 1 is 1.17 bits per heavy atom. The summed E-state index contributed by atoms with van der Waals surface area (Å²) >= 11 is 3.49. The summed E-state index contributed by atoms with van der Waals surface area (Å²) in [6, 6.07) is 2.47. The topological polar surface area (TPSA) is 37.8 Å². The van der Waals surface area contributed by atoms with Gasteiger partial charge in [-0.05, 0) is 39.6 Å². The molecule has 1 N–H and O–H groups in total. The lowest BCUT2D eigenvalue weighted by atomic mass is 10.0. The number of nitrogens with zero attached hydrogens (tertiary/aromatic N) is 2. The lowest BCUT2D eigenvalue weighted by Gasteiger charge is -2.09. The number of hydrogen-bond donors (Lipinski definition) is 1. The Morgan fingerprint density at radius 2 is 1.78 bits per heavy atom. The van der Waals surface area contributed by atoms with Gasteiger partial charge >= 0.3 is 0 Å². The maximum absolute atomic E-state index is 4.65. The first-order valence-corrected chi connectivity index (χ1v) is 7.42. The Kier molecular flexibility index (Phi) is 2.54. The molecule has 3 rings (SSSR count). The van der Waals surface area contributed by atoms with Crippen LogP contribution in [0.5, 0.6) is 0 Å². The Bertz CT molecular complexity index is 478. The number of rotatable bonds is 3. The van der Waals surface area contributed by atoms with Crippen molar-refractivity contribution in [1.29, 1.82) is 0 Å². The number of anilines is 1. The summed E-state index contributed by atoms with van der Waals surface area (Å²) in [5.74, 6) is 2.54. The van der Waals surface area contributed by atoms with E-state index in [-0.39, 0.29) is 0 Å². The molecule has 18 heavy (non-hydrogen) atoms. The molecule has 4 heteroatoms. The molecule has 2 aliphatic rings. The van der Waals surface area contributed by atoms with Crippen LogP contribution in [0.4, 0.5) is 5.82 Å². The highest BCUT2D eigenvalue weighted by Gasteiger charge is 2.65. The molecule has 0 radical (unpaired) electrons. The standard InChI is InChI=1S/C14H20BrN3/c1-13(2)12(14(13,3)4)18-10-7-9(15)16-11(17-10)8-5-6-8/h7-8,12H,5-6H2,1-4H3,(H,16,17,18). The summed E-state index contributed by atoms with van der Waals surface area (Å²) in [6.45, 7) is 9.23. The summed E-state index contributed by atoms with van der Waals surface area (Å²) in [7, 11) is 0. The zero-order valence-electron chi connectivity index (χ0n) is 11.4.